The third kappa shape index (κ3) is 4.90. The van der Waals surface area contributed by atoms with E-state index in [1.54, 1.807) is 6.07 Å². The van der Waals surface area contributed by atoms with Crippen LogP contribution in [0.3, 0.4) is 0 Å². The van der Waals surface area contributed by atoms with E-state index in [2.05, 4.69) is 10.9 Å². The summed E-state index contributed by atoms with van der Waals surface area (Å²) in [5.41, 5.74) is 4.45. The van der Waals surface area contributed by atoms with E-state index in [1.165, 1.54) is 45.6 Å². The largest absolute Gasteiger partial charge is 0.497 e. The minimum atomic E-state index is -4.02. The number of hydrogen-bond acceptors (Lipinski definition) is 7. The van der Waals surface area contributed by atoms with Gasteiger partial charge in [-0.2, -0.15) is 0 Å². The first kappa shape index (κ1) is 21.0. The zero-order chi connectivity index (χ0) is 20.9. The Bertz CT molecular complexity index is 984. The number of nitrogens with one attached hydrogen (secondary N) is 2. The van der Waals surface area contributed by atoms with Gasteiger partial charge in [0.15, 0.2) is 0 Å². The lowest BCUT2D eigenvalue weighted by Crippen LogP contribution is -2.41. The number of ether oxygens (including phenoxy) is 3. The van der Waals surface area contributed by atoms with Crippen LogP contribution in [0.25, 0.3) is 0 Å². The van der Waals surface area contributed by atoms with Crippen molar-refractivity contribution in [3.63, 3.8) is 0 Å². The highest BCUT2D eigenvalue weighted by atomic mass is 32.2. The molecule has 0 radical (unpaired) electrons. The number of hydrogen-bond donors (Lipinski definition) is 3. The Morgan fingerprint density at radius 1 is 0.857 bits per heavy atom. The number of carbonyl (C=O) groups excluding carboxylic acids is 2. The van der Waals surface area contributed by atoms with Gasteiger partial charge in [-0.15, -0.1) is 0 Å². The Morgan fingerprint density at radius 2 is 1.43 bits per heavy atom. The van der Waals surface area contributed by atoms with Crippen molar-refractivity contribution < 1.29 is 32.2 Å². The first-order valence-corrected chi connectivity index (χ1v) is 9.28. The van der Waals surface area contributed by atoms with Crippen molar-refractivity contribution in [2.75, 3.05) is 21.3 Å². The minimum absolute atomic E-state index is 0.0993. The number of sulfonamides is 1. The highest BCUT2D eigenvalue weighted by Gasteiger charge is 2.18. The Morgan fingerprint density at radius 3 is 1.93 bits per heavy atom. The fourth-order valence-corrected chi connectivity index (χ4v) is 2.77. The maximum Gasteiger partial charge on any atom is 0.273 e. The number of methoxy groups -OCH3 is 3. The molecular weight excluding hydrogens is 390 g/mol. The molecule has 0 aromatic heterocycles. The van der Waals surface area contributed by atoms with Crippen molar-refractivity contribution in [3.8, 4) is 17.2 Å². The first-order chi connectivity index (χ1) is 13.2. The molecule has 10 nitrogen and oxygen atoms in total. The summed E-state index contributed by atoms with van der Waals surface area (Å²) in [6, 6.07) is 8.01. The summed E-state index contributed by atoms with van der Waals surface area (Å²) >= 11 is 0. The van der Waals surface area contributed by atoms with Gasteiger partial charge in [0.25, 0.3) is 11.8 Å². The number of benzene rings is 2. The summed E-state index contributed by atoms with van der Waals surface area (Å²) in [7, 11) is 0.152. The number of rotatable bonds is 6. The van der Waals surface area contributed by atoms with E-state index in [4.69, 9.17) is 19.3 Å². The molecule has 0 aliphatic rings. The van der Waals surface area contributed by atoms with Gasteiger partial charge in [-0.05, 0) is 30.3 Å². The van der Waals surface area contributed by atoms with Gasteiger partial charge in [0.2, 0.25) is 10.0 Å². The summed E-state index contributed by atoms with van der Waals surface area (Å²) in [6.45, 7) is 0. The Labute approximate surface area is 161 Å². The van der Waals surface area contributed by atoms with Crippen molar-refractivity contribution in [1.82, 2.24) is 10.9 Å². The molecule has 0 spiro atoms. The van der Waals surface area contributed by atoms with E-state index in [-0.39, 0.29) is 21.8 Å². The van der Waals surface area contributed by atoms with Crippen LogP contribution in [0.5, 0.6) is 17.2 Å². The van der Waals surface area contributed by atoms with Gasteiger partial charge < -0.3 is 14.2 Å². The second-order valence-electron chi connectivity index (χ2n) is 5.42. The fourth-order valence-electron chi connectivity index (χ4n) is 2.23. The minimum Gasteiger partial charge on any atom is -0.497 e. The van der Waals surface area contributed by atoms with E-state index in [0.717, 1.165) is 6.07 Å². The molecule has 0 bridgehead atoms. The van der Waals surface area contributed by atoms with Crippen LogP contribution in [0.15, 0.2) is 41.3 Å². The molecule has 0 heterocycles. The number of carbonyl (C=O) groups is 2. The molecule has 0 unspecified atom stereocenters. The first-order valence-electron chi connectivity index (χ1n) is 7.74. The van der Waals surface area contributed by atoms with Gasteiger partial charge in [-0.1, -0.05) is 0 Å². The smallest absolute Gasteiger partial charge is 0.273 e. The molecule has 2 rings (SSSR count). The summed E-state index contributed by atoms with van der Waals surface area (Å²) in [5.74, 6) is -0.573. The lowest BCUT2D eigenvalue weighted by atomic mass is 10.2. The van der Waals surface area contributed by atoms with E-state index in [0.29, 0.717) is 11.5 Å². The zero-order valence-electron chi connectivity index (χ0n) is 15.3. The van der Waals surface area contributed by atoms with Gasteiger partial charge in [-0.3, -0.25) is 20.4 Å². The molecule has 4 N–H and O–H groups in total. The molecule has 150 valence electrons. The standard InChI is InChI=1S/C17H19N3O7S/c1-25-11-6-10(7-12(8-11)26-2)16(21)19-20-17(22)14-9-13(28(18,23)24)4-5-15(14)27-3/h4-9H,1-3H3,(H,19,21)(H,20,22)(H2,18,23,24). The maximum atomic E-state index is 12.4. The lowest BCUT2D eigenvalue weighted by molar-refractivity contribution is 0.0844. The third-order valence-electron chi connectivity index (χ3n) is 3.65. The second-order valence-corrected chi connectivity index (χ2v) is 6.98. The van der Waals surface area contributed by atoms with Crippen molar-refractivity contribution >= 4 is 21.8 Å². The summed E-state index contributed by atoms with van der Waals surface area (Å²) < 4.78 is 38.2. The molecule has 0 saturated carbocycles. The molecule has 0 fully saturated rings. The average molecular weight is 409 g/mol. The van der Waals surface area contributed by atoms with Gasteiger partial charge in [0.1, 0.15) is 17.2 Å². The van der Waals surface area contributed by atoms with Crippen LogP contribution in [0, 0.1) is 0 Å². The van der Waals surface area contributed by atoms with Gasteiger partial charge >= 0.3 is 0 Å². The van der Waals surface area contributed by atoms with Crippen LogP contribution >= 0.6 is 0 Å². The molecule has 0 atom stereocenters. The summed E-state index contributed by atoms with van der Waals surface area (Å²) in [6.07, 6.45) is 0. The molecule has 2 amide bonds. The second kappa shape index (κ2) is 8.59. The zero-order valence-corrected chi connectivity index (χ0v) is 16.1. The van der Waals surface area contributed by atoms with Crippen LogP contribution in [0.2, 0.25) is 0 Å². The van der Waals surface area contributed by atoms with E-state index >= 15 is 0 Å². The van der Waals surface area contributed by atoms with E-state index < -0.39 is 21.8 Å². The maximum absolute atomic E-state index is 12.4. The molecule has 0 aliphatic carbocycles. The van der Waals surface area contributed by atoms with Crippen molar-refractivity contribution in [3.05, 3.63) is 47.5 Å². The van der Waals surface area contributed by atoms with Crippen LogP contribution in [-0.4, -0.2) is 41.6 Å². The van der Waals surface area contributed by atoms with Crippen LogP contribution in [-0.2, 0) is 10.0 Å². The van der Waals surface area contributed by atoms with Crippen LogP contribution < -0.4 is 30.2 Å². The van der Waals surface area contributed by atoms with Crippen LogP contribution in [0.4, 0.5) is 0 Å². The van der Waals surface area contributed by atoms with Gasteiger partial charge in [0.05, 0.1) is 31.8 Å². The molecule has 2 aromatic carbocycles. The van der Waals surface area contributed by atoms with Crippen molar-refractivity contribution in [2.24, 2.45) is 5.14 Å². The normalized spacial score (nSPS) is 10.7. The van der Waals surface area contributed by atoms with E-state index in [9.17, 15) is 18.0 Å². The summed E-state index contributed by atoms with van der Waals surface area (Å²) in [4.78, 5) is 24.4. The van der Waals surface area contributed by atoms with Gasteiger partial charge in [0, 0.05) is 11.6 Å². The quantitative estimate of drug-likeness (QED) is 0.587. The number of primary sulfonamides is 1. The Hall–Kier alpha value is -3.31. The Balaban J connectivity index is 2.21. The highest BCUT2D eigenvalue weighted by molar-refractivity contribution is 7.89. The lowest BCUT2D eigenvalue weighted by Gasteiger charge is -2.12. The number of hydrazine groups is 1. The molecular formula is C17H19N3O7S. The monoisotopic (exact) mass is 409 g/mol. The fraction of sp³-hybridized carbons (Fsp3) is 0.176. The van der Waals surface area contributed by atoms with Crippen molar-refractivity contribution in [2.45, 2.75) is 4.90 Å². The molecule has 28 heavy (non-hydrogen) atoms. The third-order valence-corrected chi connectivity index (χ3v) is 4.56. The predicted octanol–water partition coefficient (Wildman–Crippen LogP) is 0.435. The Kier molecular flexibility index (Phi) is 6.44. The number of nitrogens with two attached hydrogens (primary N) is 1. The molecule has 11 heteroatoms. The van der Waals surface area contributed by atoms with Crippen molar-refractivity contribution in [1.29, 1.82) is 0 Å². The molecule has 0 aliphatic heterocycles. The highest BCUT2D eigenvalue weighted by Crippen LogP contribution is 2.23. The topological polar surface area (TPSA) is 146 Å². The van der Waals surface area contributed by atoms with Crippen LogP contribution in [0.1, 0.15) is 20.7 Å². The number of amides is 2. The average Bonchev–Trinajstić information content (AvgIpc) is 2.69. The van der Waals surface area contributed by atoms with Gasteiger partial charge in [-0.25, -0.2) is 13.6 Å². The molecule has 0 saturated heterocycles. The van der Waals surface area contributed by atoms with E-state index in [1.807, 2.05) is 0 Å². The molecule has 2 aromatic rings. The summed E-state index contributed by atoms with van der Waals surface area (Å²) in [5, 5.41) is 5.08. The predicted molar refractivity (Wildman–Crippen MR) is 98.8 cm³/mol. The SMILES string of the molecule is COc1cc(OC)cc(C(=O)NNC(=O)c2cc(S(N)(=O)=O)ccc2OC)c1.